The maximum absolute atomic E-state index is 12.9. The molecule has 4 rings (SSSR count). The fourth-order valence-electron chi connectivity index (χ4n) is 2.78. The Kier molecular flexibility index (Phi) is 5.01. The van der Waals surface area contributed by atoms with E-state index in [1.54, 1.807) is 23.1 Å². The molecule has 0 atom stereocenters. The first-order valence-corrected chi connectivity index (χ1v) is 10.4. The fourth-order valence-corrected chi connectivity index (χ4v) is 4.66. The molecule has 0 aliphatic heterocycles. The molecule has 0 spiro atoms. The highest BCUT2D eigenvalue weighted by atomic mass is 32.2. The second-order valence-corrected chi connectivity index (χ2v) is 8.35. The molecule has 0 bridgehead atoms. The lowest BCUT2D eigenvalue weighted by Crippen LogP contribution is -2.12. The van der Waals surface area contributed by atoms with Gasteiger partial charge in [-0.25, -0.2) is 4.98 Å². The first-order valence-electron chi connectivity index (χ1n) is 8.53. The summed E-state index contributed by atoms with van der Waals surface area (Å²) in [6, 6.07) is 15.5. The van der Waals surface area contributed by atoms with Crippen molar-refractivity contribution in [2.45, 2.75) is 23.9 Å². The van der Waals surface area contributed by atoms with E-state index in [-0.39, 0.29) is 5.91 Å². The van der Waals surface area contributed by atoms with E-state index in [1.807, 2.05) is 67.8 Å². The summed E-state index contributed by atoms with van der Waals surface area (Å²) in [5, 5.41) is 5.93. The number of benzene rings is 2. The highest BCUT2D eigenvalue weighted by molar-refractivity contribution is 8.00. The van der Waals surface area contributed by atoms with Crippen molar-refractivity contribution in [3.8, 4) is 0 Å². The van der Waals surface area contributed by atoms with E-state index in [9.17, 15) is 4.79 Å². The number of carbonyl (C=O) groups excluding carboxylic acids is 1. The Morgan fingerprint density at radius 1 is 1.15 bits per heavy atom. The van der Waals surface area contributed by atoms with E-state index in [1.165, 1.54) is 0 Å². The van der Waals surface area contributed by atoms with Gasteiger partial charge in [-0.2, -0.15) is 0 Å². The molecule has 0 fully saturated rings. The first-order chi connectivity index (χ1) is 13.1. The number of hydrogen-bond donors (Lipinski definition) is 1. The molecule has 0 aliphatic rings. The van der Waals surface area contributed by atoms with Crippen molar-refractivity contribution in [1.82, 2.24) is 4.98 Å². The van der Waals surface area contributed by atoms with Crippen molar-refractivity contribution in [3.63, 3.8) is 0 Å². The Labute approximate surface area is 165 Å². The number of fused-ring (bicyclic) bond motifs is 1. The molecule has 1 amide bonds. The Hall–Kier alpha value is -2.57. The summed E-state index contributed by atoms with van der Waals surface area (Å²) in [4.78, 5) is 17.4. The highest BCUT2D eigenvalue weighted by Crippen LogP contribution is 2.33. The predicted molar refractivity (Wildman–Crippen MR) is 112 cm³/mol. The van der Waals surface area contributed by atoms with E-state index < -0.39 is 0 Å². The van der Waals surface area contributed by atoms with Crippen LogP contribution in [0.5, 0.6) is 0 Å². The molecule has 1 N–H and O–H groups in total. The summed E-state index contributed by atoms with van der Waals surface area (Å²) in [6.45, 7) is 3.99. The summed E-state index contributed by atoms with van der Waals surface area (Å²) in [5.74, 6) is 0.749. The zero-order chi connectivity index (χ0) is 18.8. The summed E-state index contributed by atoms with van der Waals surface area (Å²) in [6.07, 6.45) is 0. The minimum Gasteiger partial charge on any atom is -0.451 e. The van der Waals surface area contributed by atoms with Gasteiger partial charge in [0.1, 0.15) is 9.92 Å². The van der Waals surface area contributed by atoms with Crippen LogP contribution in [0, 0.1) is 13.8 Å². The van der Waals surface area contributed by atoms with E-state index in [2.05, 4.69) is 10.3 Å². The number of aryl methyl sites for hydroxylation is 2. The van der Waals surface area contributed by atoms with Crippen LogP contribution in [0.2, 0.25) is 0 Å². The van der Waals surface area contributed by atoms with Crippen LogP contribution in [0.25, 0.3) is 11.0 Å². The van der Waals surface area contributed by atoms with Gasteiger partial charge >= 0.3 is 0 Å². The molecule has 2 aromatic carbocycles. The van der Waals surface area contributed by atoms with Crippen LogP contribution >= 0.6 is 23.1 Å². The lowest BCUT2D eigenvalue weighted by molar-refractivity contribution is 0.0998. The molecule has 0 radical (unpaired) electrons. The molecule has 136 valence electrons. The number of rotatable bonds is 5. The molecule has 4 aromatic rings. The van der Waals surface area contributed by atoms with Gasteiger partial charge in [0.25, 0.3) is 5.91 Å². The van der Waals surface area contributed by atoms with Gasteiger partial charge in [-0.3, -0.25) is 4.79 Å². The third-order valence-electron chi connectivity index (χ3n) is 4.15. The number of nitrogens with one attached hydrogen (secondary N) is 1. The van der Waals surface area contributed by atoms with Crippen molar-refractivity contribution >= 4 is 45.7 Å². The van der Waals surface area contributed by atoms with Crippen molar-refractivity contribution in [2.24, 2.45) is 0 Å². The second kappa shape index (κ2) is 7.58. The third-order valence-corrected chi connectivity index (χ3v) is 6.32. The lowest BCUT2D eigenvalue weighted by Gasteiger charge is -2.05. The number of amides is 1. The van der Waals surface area contributed by atoms with E-state index in [4.69, 9.17) is 4.42 Å². The Morgan fingerprint density at radius 3 is 2.67 bits per heavy atom. The predicted octanol–water partition coefficient (Wildman–Crippen LogP) is 6.05. The molecular formula is C21H18N2O2S2. The summed E-state index contributed by atoms with van der Waals surface area (Å²) in [5.41, 5.74) is 4.52. The SMILES string of the molecule is Cc1ccc(NC(=O)c2oc3ccccc3c2CSc2nc(C)cs2)cc1. The van der Waals surface area contributed by atoms with Gasteiger partial charge in [0.15, 0.2) is 5.76 Å². The number of nitrogens with zero attached hydrogens (tertiary/aromatic N) is 1. The normalized spacial score (nSPS) is 11.0. The summed E-state index contributed by atoms with van der Waals surface area (Å²) in [7, 11) is 0. The van der Waals surface area contributed by atoms with E-state index >= 15 is 0 Å². The molecule has 27 heavy (non-hydrogen) atoms. The van der Waals surface area contributed by atoms with E-state index in [0.29, 0.717) is 11.5 Å². The minimum absolute atomic E-state index is 0.235. The smallest absolute Gasteiger partial charge is 0.291 e. The summed E-state index contributed by atoms with van der Waals surface area (Å²) >= 11 is 3.24. The number of anilines is 1. The van der Waals surface area contributed by atoms with Crippen molar-refractivity contribution < 1.29 is 9.21 Å². The van der Waals surface area contributed by atoms with E-state index in [0.717, 1.165) is 37.8 Å². The third kappa shape index (κ3) is 3.91. The number of para-hydroxylation sites is 1. The van der Waals surface area contributed by atoms with Gasteiger partial charge in [0.05, 0.1) is 0 Å². The topological polar surface area (TPSA) is 55.1 Å². The number of carbonyl (C=O) groups is 1. The van der Waals surface area contributed by atoms with Crippen LogP contribution in [0.3, 0.4) is 0 Å². The standard InChI is InChI=1S/C21H18N2O2S2/c1-13-7-9-15(10-8-13)23-20(24)19-17(12-27-21-22-14(2)11-26-21)16-5-3-4-6-18(16)25-19/h3-11H,12H2,1-2H3,(H,23,24). The summed E-state index contributed by atoms with van der Waals surface area (Å²) < 4.78 is 6.90. The maximum atomic E-state index is 12.9. The van der Waals surface area contributed by atoms with Gasteiger partial charge in [-0.05, 0) is 32.0 Å². The molecule has 0 saturated heterocycles. The van der Waals surface area contributed by atoms with Gasteiger partial charge in [-0.15, -0.1) is 11.3 Å². The molecule has 2 aromatic heterocycles. The molecule has 4 nitrogen and oxygen atoms in total. The Bertz CT molecular complexity index is 1100. The van der Waals surface area contributed by atoms with Crippen LogP contribution in [-0.4, -0.2) is 10.9 Å². The fraction of sp³-hybridized carbons (Fsp3) is 0.143. The largest absolute Gasteiger partial charge is 0.451 e. The van der Waals surface area contributed by atoms with Gasteiger partial charge in [0.2, 0.25) is 0 Å². The molecular weight excluding hydrogens is 376 g/mol. The van der Waals surface area contributed by atoms with Gasteiger partial charge in [0, 0.05) is 33.5 Å². The second-order valence-electron chi connectivity index (χ2n) is 6.27. The molecule has 0 unspecified atom stereocenters. The average Bonchev–Trinajstić information content (AvgIpc) is 3.25. The van der Waals surface area contributed by atoms with Crippen molar-refractivity contribution in [2.75, 3.05) is 5.32 Å². The van der Waals surface area contributed by atoms with Gasteiger partial charge in [-0.1, -0.05) is 47.7 Å². The van der Waals surface area contributed by atoms with Crippen LogP contribution in [0.1, 0.15) is 27.4 Å². The number of furan rings is 1. The lowest BCUT2D eigenvalue weighted by atomic mass is 10.1. The monoisotopic (exact) mass is 394 g/mol. The van der Waals surface area contributed by atoms with Crippen molar-refractivity contribution in [3.05, 3.63) is 76.5 Å². The Balaban J connectivity index is 1.64. The number of hydrogen-bond acceptors (Lipinski definition) is 5. The van der Waals surface area contributed by atoms with Crippen molar-refractivity contribution in [1.29, 1.82) is 0 Å². The number of thioether (sulfide) groups is 1. The van der Waals surface area contributed by atoms with Crippen LogP contribution < -0.4 is 5.32 Å². The highest BCUT2D eigenvalue weighted by Gasteiger charge is 2.21. The average molecular weight is 395 g/mol. The Morgan fingerprint density at radius 2 is 1.93 bits per heavy atom. The minimum atomic E-state index is -0.235. The molecule has 0 saturated carbocycles. The van der Waals surface area contributed by atoms with Crippen LogP contribution in [0.15, 0.2) is 62.7 Å². The zero-order valence-corrected chi connectivity index (χ0v) is 16.6. The quantitative estimate of drug-likeness (QED) is 0.419. The zero-order valence-electron chi connectivity index (χ0n) is 15.0. The molecule has 2 heterocycles. The van der Waals surface area contributed by atoms with Gasteiger partial charge < -0.3 is 9.73 Å². The number of thiazole rings is 1. The van der Waals surface area contributed by atoms with Crippen LogP contribution in [-0.2, 0) is 5.75 Å². The molecule has 6 heteroatoms. The van der Waals surface area contributed by atoms with Crippen LogP contribution in [0.4, 0.5) is 5.69 Å². The maximum Gasteiger partial charge on any atom is 0.291 e. The first kappa shape index (κ1) is 17.8. The molecule has 0 aliphatic carbocycles. The number of aromatic nitrogens is 1.